The molecule has 29 heavy (non-hydrogen) atoms. The van der Waals surface area contributed by atoms with E-state index >= 15 is 0 Å². The molecule has 0 aliphatic rings. The Morgan fingerprint density at radius 2 is 1.72 bits per heavy atom. The minimum atomic E-state index is -0.621. The van der Waals surface area contributed by atoms with Gasteiger partial charge in [0, 0.05) is 25.3 Å². The topological polar surface area (TPSA) is 91.7 Å². The zero-order chi connectivity index (χ0) is 20.8. The maximum atomic E-state index is 12.7. The molecule has 2 aromatic carbocycles. The molecule has 1 N–H and O–H groups in total. The SMILES string of the molecule is COc1cc(NC(C)=O)c(C(=O)OCc2ccn(-c3ccccc3)n2)cc1OC. The van der Waals surface area contributed by atoms with Gasteiger partial charge in [0.2, 0.25) is 5.91 Å². The molecule has 1 amide bonds. The average Bonchev–Trinajstić information content (AvgIpc) is 3.21. The predicted molar refractivity (Wildman–Crippen MR) is 107 cm³/mol. The molecule has 0 saturated carbocycles. The van der Waals surface area contributed by atoms with E-state index in [1.807, 2.05) is 30.3 Å². The summed E-state index contributed by atoms with van der Waals surface area (Å²) in [7, 11) is 2.93. The number of hydrogen-bond donors (Lipinski definition) is 1. The van der Waals surface area contributed by atoms with Gasteiger partial charge in [0.25, 0.3) is 0 Å². The molecule has 0 aliphatic heterocycles. The molecule has 0 unspecified atom stereocenters. The van der Waals surface area contributed by atoms with Crippen molar-refractivity contribution in [2.45, 2.75) is 13.5 Å². The van der Waals surface area contributed by atoms with Gasteiger partial charge >= 0.3 is 5.97 Å². The molecule has 3 rings (SSSR count). The van der Waals surface area contributed by atoms with Gasteiger partial charge in [0.15, 0.2) is 11.5 Å². The van der Waals surface area contributed by atoms with E-state index < -0.39 is 5.97 Å². The highest BCUT2D eigenvalue weighted by Gasteiger charge is 2.19. The van der Waals surface area contributed by atoms with E-state index in [1.165, 1.54) is 33.3 Å². The van der Waals surface area contributed by atoms with Crippen LogP contribution in [-0.4, -0.2) is 35.9 Å². The van der Waals surface area contributed by atoms with Crippen molar-refractivity contribution in [3.8, 4) is 17.2 Å². The van der Waals surface area contributed by atoms with Gasteiger partial charge in [0.1, 0.15) is 12.3 Å². The monoisotopic (exact) mass is 395 g/mol. The first-order valence-corrected chi connectivity index (χ1v) is 8.82. The van der Waals surface area contributed by atoms with E-state index in [2.05, 4.69) is 10.4 Å². The lowest BCUT2D eigenvalue weighted by Gasteiger charge is -2.14. The number of aromatic nitrogens is 2. The number of benzene rings is 2. The Bertz CT molecular complexity index is 1010. The van der Waals surface area contributed by atoms with Gasteiger partial charge in [-0.05, 0) is 18.2 Å². The lowest BCUT2D eigenvalue weighted by atomic mass is 10.1. The maximum absolute atomic E-state index is 12.7. The van der Waals surface area contributed by atoms with E-state index in [9.17, 15) is 9.59 Å². The van der Waals surface area contributed by atoms with Crippen LogP contribution in [0.5, 0.6) is 11.5 Å². The molecule has 1 heterocycles. The molecule has 0 spiro atoms. The molecule has 0 fully saturated rings. The van der Waals surface area contributed by atoms with Crippen molar-refractivity contribution in [3.05, 3.63) is 66.0 Å². The highest BCUT2D eigenvalue weighted by atomic mass is 16.5. The van der Waals surface area contributed by atoms with E-state index in [-0.39, 0.29) is 23.8 Å². The lowest BCUT2D eigenvalue weighted by molar-refractivity contribution is -0.114. The van der Waals surface area contributed by atoms with Gasteiger partial charge in [-0.15, -0.1) is 0 Å². The summed E-state index contributed by atoms with van der Waals surface area (Å²) in [5.41, 5.74) is 1.91. The van der Waals surface area contributed by atoms with Crippen molar-refractivity contribution in [1.29, 1.82) is 0 Å². The summed E-state index contributed by atoms with van der Waals surface area (Å²) in [5.74, 6) is -0.215. The van der Waals surface area contributed by atoms with Crippen LogP contribution in [-0.2, 0) is 16.1 Å². The van der Waals surface area contributed by atoms with Crippen molar-refractivity contribution in [2.75, 3.05) is 19.5 Å². The second-order valence-corrected chi connectivity index (χ2v) is 6.10. The number of nitrogens with one attached hydrogen (secondary N) is 1. The van der Waals surface area contributed by atoms with Crippen LogP contribution in [0.3, 0.4) is 0 Å². The van der Waals surface area contributed by atoms with Crippen LogP contribution in [0.25, 0.3) is 5.69 Å². The maximum Gasteiger partial charge on any atom is 0.340 e. The number of carbonyl (C=O) groups excluding carboxylic acids is 2. The minimum Gasteiger partial charge on any atom is -0.493 e. The fourth-order valence-corrected chi connectivity index (χ4v) is 2.72. The van der Waals surface area contributed by atoms with Crippen LogP contribution in [0.1, 0.15) is 23.0 Å². The fraction of sp³-hybridized carbons (Fsp3) is 0.190. The molecule has 8 nitrogen and oxygen atoms in total. The smallest absolute Gasteiger partial charge is 0.340 e. The number of nitrogens with zero attached hydrogens (tertiary/aromatic N) is 2. The number of hydrogen-bond acceptors (Lipinski definition) is 6. The predicted octanol–water partition coefficient (Wildman–Crippen LogP) is 3.20. The highest BCUT2D eigenvalue weighted by molar-refractivity contribution is 6.01. The first-order valence-electron chi connectivity index (χ1n) is 8.82. The molecule has 0 radical (unpaired) electrons. The first-order chi connectivity index (χ1) is 14.0. The number of methoxy groups -OCH3 is 2. The van der Waals surface area contributed by atoms with Crippen molar-refractivity contribution >= 4 is 17.6 Å². The van der Waals surface area contributed by atoms with Crippen molar-refractivity contribution in [1.82, 2.24) is 9.78 Å². The third kappa shape index (κ3) is 4.73. The third-order valence-electron chi connectivity index (χ3n) is 4.07. The molecule has 0 aliphatic carbocycles. The zero-order valence-electron chi connectivity index (χ0n) is 16.3. The molecule has 3 aromatic rings. The summed E-state index contributed by atoms with van der Waals surface area (Å²) in [5, 5.41) is 7.01. The van der Waals surface area contributed by atoms with Crippen LogP contribution in [0.4, 0.5) is 5.69 Å². The van der Waals surface area contributed by atoms with Crippen LogP contribution >= 0.6 is 0 Å². The first kappa shape index (κ1) is 19.9. The highest BCUT2D eigenvalue weighted by Crippen LogP contribution is 2.34. The molecule has 0 atom stereocenters. The summed E-state index contributed by atoms with van der Waals surface area (Å²) < 4.78 is 17.6. The minimum absolute atomic E-state index is 0.0213. The van der Waals surface area contributed by atoms with Crippen LogP contribution in [0.15, 0.2) is 54.7 Å². The number of amides is 1. The van der Waals surface area contributed by atoms with E-state index in [0.29, 0.717) is 17.2 Å². The normalized spacial score (nSPS) is 10.3. The van der Waals surface area contributed by atoms with Gasteiger partial charge in [-0.3, -0.25) is 4.79 Å². The molecular formula is C21H21N3O5. The van der Waals surface area contributed by atoms with Crippen molar-refractivity contribution in [3.63, 3.8) is 0 Å². The second kappa shape index (κ2) is 8.92. The second-order valence-electron chi connectivity index (χ2n) is 6.10. The number of esters is 1. The van der Waals surface area contributed by atoms with Gasteiger partial charge in [-0.2, -0.15) is 5.10 Å². The van der Waals surface area contributed by atoms with Crippen molar-refractivity contribution < 1.29 is 23.8 Å². The number of rotatable bonds is 7. The van der Waals surface area contributed by atoms with Crippen molar-refractivity contribution in [2.24, 2.45) is 0 Å². The largest absolute Gasteiger partial charge is 0.493 e. The average molecular weight is 395 g/mol. The number of anilines is 1. The Balaban J connectivity index is 1.78. The van der Waals surface area contributed by atoms with E-state index in [4.69, 9.17) is 14.2 Å². The summed E-state index contributed by atoms with van der Waals surface area (Å²) in [4.78, 5) is 24.2. The van der Waals surface area contributed by atoms with E-state index in [0.717, 1.165) is 5.69 Å². The standard InChI is InChI=1S/C21H21N3O5/c1-14(25)22-18-12-20(28-3)19(27-2)11-17(18)21(26)29-13-15-9-10-24(23-15)16-7-5-4-6-8-16/h4-12H,13H2,1-3H3,(H,22,25). The fourth-order valence-electron chi connectivity index (χ4n) is 2.72. The van der Waals surface area contributed by atoms with Crippen LogP contribution in [0.2, 0.25) is 0 Å². The summed E-state index contributed by atoms with van der Waals surface area (Å²) in [6.45, 7) is 1.33. The van der Waals surface area contributed by atoms with E-state index in [1.54, 1.807) is 16.9 Å². The van der Waals surface area contributed by atoms with Gasteiger partial charge in [-0.1, -0.05) is 18.2 Å². The number of para-hydroxylation sites is 1. The summed E-state index contributed by atoms with van der Waals surface area (Å²) in [6, 6.07) is 14.3. The lowest BCUT2D eigenvalue weighted by Crippen LogP contribution is -2.14. The van der Waals surface area contributed by atoms with Gasteiger partial charge < -0.3 is 19.5 Å². The summed E-state index contributed by atoms with van der Waals surface area (Å²) in [6.07, 6.45) is 1.79. The number of carbonyl (C=O) groups is 2. The number of ether oxygens (including phenoxy) is 3. The molecule has 150 valence electrons. The Hall–Kier alpha value is -3.81. The Morgan fingerprint density at radius 1 is 1.03 bits per heavy atom. The Morgan fingerprint density at radius 3 is 2.38 bits per heavy atom. The van der Waals surface area contributed by atoms with Gasteiger partial charge in [-0.25, -0.2) is 9.48 Å². The third-order valence-corrected chi connectivity index (χ3v) is 4.07. The quantitative estimate of drug-likeness (QED) is 0.618. The molecule has 0 bridgehead atoms. The summed E-state index contributed by atoms with van der Waals surface area (Å²) >= 11 is 0. The Labute approximate surface area is 168 Å². The molecule has 8 heteroatoms. The molecule has 1 aromatic heterocycles. The zero-order valence-corrected chi connectivity index (χ0v) is 16.3. The molecule has 0 saturated heterocycles. The molecular weight excluding hydrogens is 374 g/mol. The Kier molecular flexibility index (Phi) is 6.13. The van der Waals surface area contributed by atoms with Crippen LogP contribution in [0, 0.1) is 0 Å². The van der Waals surface area contributed by atoms with Crippen LogP contribution < -0.4 is 14.8 Å². The van der Waals surface area contributed by atoms with Gasteiger partial charge in [0.05, 0.1) is 31.2 Å².